The van der Waals surface area contributed by atoms with Gasteiger partial charge in [-0.2, -0.15) is 0 Å². The Hall–Kier alpha value is -1.68. The van der Waals surface area contributed by atoms with Crippen molar-refractivity contribution in [3.63, 3.8) is 0 Å². The number of rotatable bonds is 4. The SMILES string of the molecule is CCn1c(CCN)nnc1-c1ccccc1. The minimum atomic E-state index is 0.604. The second-order valence-corrected chi connectivity index (χ2v) is 3.59. The van der Waals surface area contributed by atoms with Crippen LogP contribution in [-0.4, -0.2) is 21.3 Å². The largest absolute Gasteiger partial charge is 0.330 e. The number of benzene rings is 1. The minimum absolute atomic E-state index is 0.604. The van der Waals surface area contributed by atoms with E-state index in [0.29, 0.717) is 6.54 Å². The van der Waals surface area contributed by atoms with Gasteiger partial charge in [0, 0.05) is 18.5 Å². The molecule has 0 fully saturated rings. The van der Waals surface area contributed by atoms with Gasteiger partial charge in [-0.25, -0.2) is 0 Å². The number of nitrogens with two attached hydrogens (primary N) is 1. The lowest BCUT2D eigenvalue weighted by Gasteiger charge is -2.06. The molecule has 0 spiro atoms. The van der Waals surface area contributed by atoms with Crippen molar-refractivity contribution in [1.29, 1.82) is 0 Å². The van der Waals surface area contributed by atoms with Crippen LogP contribution < -0.4 is 5.73 Å². The van der Waals surface area contributed by atoms with Crippen LogP contribution in [0.4, 0.5) is 0 Å². The third-order valence-electron chi connectivity index (χ3n) is 2.54. The summed E-state index contributed by atoms with van der Waals surface area (Å²) in [7, 11) is 0. The molecule has 0 aliphatic carbocycles. The van der Waals surface area contributed by atoms with E-state index in [1.54, 1.807) is 0 Å². The van der Waals surface area contributed by atoms with Crippen LogP contribution in [0, 0.1) is 0 Å². The lowest BCUT2D eigenvalue weighted by atomic mass is 10.2. The Morgan fingerprint density at radius 1 is 1.19 bits per heavy atom. The molecule has 0 aliphatic heterocycles. The second-order valence-electron chi connectivity index (χ2n) is 3.59. The Morgan fingerprint density at radius 3 is 2.56 bits per heavy atom. The molecule has 2 rings (SSSR count). The van der Waals surface area contributed by atoms with Crippen molar-refractivity contribution in [3.05, 3.63) is 36.2 Å². The molecule has 4 heteroatoms. The highest BCUT2D eigenvalue weighted by Gasteiger charge is 2.10. The maximum Gasteiger partial charge on any atom is 0.163 e. The van der Waals surface area contributed by atoms with Gasteiger partial charge in [0.2, 0.25) is 0 Å². The lowest BCUT2D eigenvalue weighted by Crippen LogP contribution is -2.10. The highest BCUT2D eigenvalue weighted by atomic mass is 15.3. The number of hydrogen-bond donors (Lipinski definition) is 1. The van der Waals surface area contributed by atoms with E-state index in [1.807, 2.05) is 30.3 Å². The molecular weight excluding hydrogens is 200 g/mol. The van der Waals surface area contributed by atoms with Gasteiger partial charge in [-0.3, -0.25) is 0 Å². The van der Waals surface area contributed by atoms with Crippen LogP contribution in [-0.2, 0) is 13.0 Å². The average molecular weight is 216 g/mol. The molecule has 0 saturated carbocycles. The van der Waals surface area contributed by atoms with Crippen LogP contribution in [0.3, 0.4) is 0 Å². The van der Waals surface area contributed by atoms with Gasteiger partial charge in [-0.15, -0.1) is 10.2 Å². The topological polar surface area (TPSA) is 56.7 Å². The Balaban J connectivity index is 2.42. The third-order valence-corrected chi connectivity index (χ3v) is 2.54. The molecule has 2 aromatic rings. The summed E-state index contributed by atoms with van der Waals surface area (Å²) in [6.45, 7) is 3.56. The van der Waals surface area contributed by atoms with Gasteiger partial charge in [0.25, 0.3) is 0 Å². The maximum absolute atomic E-state index is 5.55. The minimum Gasteiger partial charge on any atom is -0.330 e. The van der Waals surface area contributed by atoms with Crippen molar-refractivity contribution in [2.75, 3.05) is 6.54 Å². The van der Waals surface area contributed by atoms with Gasteiger partial charge in [0.05, 0.1) is 0 Å². The van der Waals surface area contributed by atoms with Gasteiger partial charge in [0.15, 0.2) is 5.82 Å². The first kappa shape index (κ1) is 10.8. The fourth-order valence-corrected chi connectivity index (χ4v) is 1.78. The van der Waals surface area contributed by atoms with E-state index in [4.69, 9.17) is 5.73 Å². The van der Waals surface area contributed by atoms with Crippen LogP contribution >= 0.6 is 0 Å². The van der Waals surface area contributed by atoms with Crippen LogP contribution in [0.15, 0.2) is 30.3 Å². The zero-order valence-corrected chi connectivity index (χ0v) is 9.43. The molecule has 0 saturated heterocycles. The normalized spacial score (nSPS) is 10.6. The van der Waals surface area contributed by atoms with E-state index in [0.717, 1.165) is 30.2 Å². The first-order valence-corrected chi connectivity index (χ1v) is 5.54. The van der Waals surface area contributed by atoms with E-state index >= 15 is 0 Å². The van der Waals surface area contributed by atoms with Gasteiger partial charge < -0.3 is 10.3 Å². The fourth-order valence-electron chi connectivity index (χ4n) is 1.78. The maximum atomic E-state index is 5.55. The summed E-state index contributed by atoms with van der Waals surface area (Å²) in [5.41, 5.74) is 6.65. The van der Waals surface area contributed by atoms with Gasteiger partial charge in [0.1, 0.15) is 5.82 Å². The van der Waals surface area contributed by atoms with E-state index < -0.39 is 0 Å². The predicted molar refractivity (Wildman–Crippen MR) is 63.9 cm³/mol. The molecule has 0 radical (unpaired) electrons. The highest BCUT2D eigenvalue weighted by molar-refractivity contribution is 5.54. The molecule has 0 atom stereocenters. The smallest absolute Gasteiger partial charge is 0.163 e. The van der Waals surface area contributed by atoms with Crippen molar-refractivity contribution in [2.45, 2.75) is 19.9 Å². The molecule has 0 unspecified atom stereocenters. The van der Waals surface area contributed by atoms with Crippen molar-refractivity contribution >= 4 is 0 Å². The standard InChI is InChI=1S/C12H16N4/c1-2-16-11(8-9-13)14-15-12(16)10-6-4-3-5-7-10/h3-7H,2,8-9,13H2,1H3. The number of hydrogen-bond acceptors (Lipinski definition) is 3. The lowest BCUT2D eigenvalue weighted by molar-refractivity contribution is 0.698. The first-order valence-electron chi connectivity index (χ1n) is 5.54. The summed E-state index contributed by atoms with van der Waals surface area (Å²) in [5.74, 6) is 1.88. The molecule has 1 aromatic heterocycles. The van der Waals surface area contributed by atoms with Crippen molar-refractivity contribution in [3.8, 4) is 11.4 Å². The van der Waals surface area contributed by atoms with E-state index in [2.05, 4.69) is 21.7 Å². The number of aromatic nitrogens is 3. The summed E-state index contributed by atoms with van der Waals surface area (Å²) in [5, 5.41) is 8.42. The monoisotopic (exact) mass is 216 g/mol. The summed E-state index contributed by atoms with van der Waals surface area (Å²) in [4.78, 5) is 0. The Kier molecular flexibility index (Phi) is 3.31. The second kappa shape index (κ2) is 4.90. The van der Waals surface area contributed by atoms with E-state index in [1.165, 1.54) is 0 Å². The van der Waals surface area contributed by atoms with Crippen LogP contribution in [0.5, 0.6) is 0 Å². The van der Waals surface area contributed by atoms with Crippen molar-refractivity contribution < 1.29 is 0 Å². The van der Waals surface area contributed by atoms with Gasteiger partial charge in [-0.05, 0) is 13.5 Å². The molecule has 0 aliphatic rings. The van der Waals surface area contributed by atoms with Crippen molar-refractivity contribution in [2.24, 2.45) is 5.73 Å². The predicted octanol–water partition coefficient (Wildman–Crippen LogP) is 1.47. The van der Waals surface area contributed by atoms with E-state index in [-0.39, 0.29) is 0 Å². The van der Waals surface area contributed by atoms with Crippen LogP contribution in [0.25, 0.3) is 11.4 Å². The van der Waals surface area contributed by atoms with Gasteiger partial charge in [-0.1, -0.05) is 30.3 Å². The molecule has 0 bridgehead atoms. The van der Waals surface area contributed by atoms with Gasteiger partial charge >= 0.3 is 0 Å². The average Bonchev–Trinajstić information content (AvgIpc) is 2.73. The third kappa shape index (κ3) is 1.97. The first-order chi connectivity index (χ1) is 7.86. The molecule has 2 N–H and O–H groups in total. The Morgan fingerprint density at radius 2 is 1.94 bits per heavy atom. The van der Waals surface area contributed by atoms with Crippen LogP contribution in [0.2, 0.25) is 0 Å². The zero-order chi connectivity index (χ0) is 11.4. The molecule has 84 valence electrons. The molecule has 4 nitrogen and oxygen atoms in total. The van der Waals surface area contributed by atoms with Crippen LogP contribution in [0.1, 0.15) is 12.7 Å². The summed E-state index contributed by atoms with van der Waals surface area (Å²) >= 11 is 0. The number of nitrogens with zero attached hydrogens (tertiary/aromatic N) is 3. The molecule has 1 heterocycles. The fraction of sp³-hybridized carbons (Fsp3) is 0.333. The summed E-state index contributed by atoms with van der Waals surface area (Å²) in [6, 6.07) is 10.1. The molecule has 0 amide bonds. The Bertz CT molecular complexity index is 447. The van der Waals surface area contributed by atoms with E-state index in [9.17, 15) is 0 Å². The highest BCUT2D eigenvalue weighted by Crippen LogP contribution is 2.17. The molecule has 16 heavy (non-hydrogen) atoms. The molecule has 1 aromatic carbocycles. The quantitative estimate of drug-likeness (QED) is 0.842. The summed E-state index contributed by atoms with van der Waals surface area (Å²) < 4.78 is 2.11. The summed E-state index contributed by atoms with van der Waals surface area (Å²) in [6.07, 6.45) is 0.772. The molecular formula is C12H16N4. The van der Waals surface area contributed by atoms with Crippen molar-refractivity contribution in [1.82, 2.24) is 14.8 Å². The zero-order valence-electron chi connectivity index (χ0n) is 9.43. The Labute approximate surface area is 95.1 Å².